The van der Waals surface area contributed by atoms with E-state index in [0.29, 0.717) is 10.8 Å². The molecule has 0 spiro atoms. The molecule has 0 aromatic heterocycles. The van der Waals surface area contributed by atoms with Gasteiger partial charge in [-0.2, -0.15) is 8.42 Å². The summed E-state index contributed by atoms with van der Waals surface area (Å²) in [6.45, 7) is 0. The van der Waals surface area contributed by atoms with Gasteiger partial charge in [-0.05, 0) is 30.3 Å². The standard InChI is InChI=1S/C14H12Cl2O5S/c1-19-13-6-4-10(8-14(13)20-2)22(17,18)21-12-5-3-9(15)7-11(12)16/h3-8H,1-2H3. The Morgan fingerprint density at radius 2 is 1.50 bits per heavy atom. The van der Waals surface area contributed by atoms with Gasteiger partial charge in [0.25, 0.3) is 0 Å². The van der Waals surface area contributed by atoms with E-state index < -0.39 is 10.1 Å². The highest BCUT2D eigenvalue weighted by molar-refractivity contribution is 7.87. The van der Waals surface area contributed by atoms with E-state index in [9.17, 15) is 8.42 Å². The molecule has 0 aliphatic rings. The van der Waals surface area contributed by atoms with E-state index in [1.165, 1.54) is 50.6 Å². The Labute approximate surface area is 138 Å². The molecule has 8 heteroatoms. The second kappa shape index (κ2) is 6.64. The van der Waals surface area contributed by atoms with Crippen molar-refractivity contribution in [1.29, 1.82) is 0 Å². The maximum absolute atomic E-state index is 12.3. The molecular weight excluding hydrogens is 351 g/mol. The van der Waals surface area contributed by atoms with Crippen molar-refractivity contribution in [3.63, 3.8) is 0 Å². The van der Waals surface area contributed by atoms with Crippen molar-refractivity contribution in [3.8, 4) is 17.2 Å². The van der Waals surface area contributed by atoms with Crippen LogP contribution in [0.1, 0.15) is 0 Å². The van der Waals surface area contributed by atoms with E-state index in [0.717, 1.165) is 0 Å². The molecule has 2 aromatic rings. The first-order valence-electron chi connectivity index (χ1n) is 5.99. The van der Waals surface area contributed by atoms with E-state index in [1.807, 2.05) is 0 Å². The predicted molar refractivity (Wildman–Crippen MR) is 83.8 cm³/mol. The molecule has 0 N–H and O–H groups in total. The predicted octanol–water partition coefficient (Wildman–Crippen LogP) is 3.78. The fourth-order valence-electron chi connectivity index (χ4n) is 1.68. The molecule has 118 valence electrons. The fraction of sp³-hybridized carbons (Fsp3) is 0.143. The molecule has 0 saturated carbocycles. The van der Waals surface area contributed by atoms with Gasteiger partial charge in [-0.15, -0.1) is 0 Å². The van der Waals surface area contributed by atoms with Gasteiger partial charge in [-0.3, -0.25) is 0 Å². The van der Waals surface area contributed by atoms with Crippen LogP contribution in [0, 0.1) is 0 Å². The average Bonchev–Trinajstić information content (AvgIpc) is 2.49. The number of halogens is 2. The van der Waals surface area contributed by atoms with Crippen LogP contribution < -0.4 is 13.7 Å². The third-order valence-corrected chi connectivity index (χ3v) is 4.50. The van der Waals surface area contributed by atoms with E-state index >= 15 is 0 Å². The van der Waals surface area contributed by atoms with E-state index in [2.05, 4.69) is 0 Å². The van der Waals surface area contributed by atoms with Crippen molar-refractivity contribution in [2.75, 3.05) is 14.2 Å². The second-order valence-electron chi connectivity index (χ2n) is 4.13. The van der Waals surface area contributed by atoms with Crippen LogP contribution in [-0.2, 0) is 10.1 Å². The molecule has 0 radical (unpaired) electrons. The molecule has 0 atom stereocenters. The number of rotatable bonds is 5. The molecule has 0 aliphatic carbocycles. The van der Waals surface area contributed by atoms with Crippen LogP contribution >= 0.6 is 23.2 Å². The highest BCUT2D eigenvalue weighted by Gasteiger charge is 2.20. The van der Waals surface area contributed by atoms with Crippen molar-refractivity contribution in [1.82, 2.24) is 0 Å². The number of benzene rings is 2. The Morgan fingerprint density at radius 1 is 0.864 bits per heavy atom. The van der Waals surface area contributed by atoms with Crippen LogP contribution in [0.15, 0.2) is 41.3 Å². The fourth-order valence-corrected chi connectivity index (χ4v) is 3.14. The van der Waals surface area contributed by atoms with Crippen LogP contribution in [0.5, 0.6) is 17.2 Å². The largest absolute Gasteiger partial charge is 0.493 e. The van der Waals surface area contributed by atoms with Gasteiger partial charge >= 0.3 is 10.1 Å². The lowest BCUT2D eigenvalue weighted by atomic mass is 10.3. The normalized spacial score (nSPS) is 11.1. The highest BCUT2D eigenvalue weighted by atomic mass is 35.5. The van der Waals surface area contributed by atoms with Gasteiger partial charge in [-0.25, -0.2) is 0 Å². The topological polar surface area (TPSA) is 61.8 Å². The third-order valence-electron chi connectivity index (χ3n) is 2.74. The Morgan fingerprint density at radius 3 is 2.09 bits per heavy atom. The summed E-state index contributed by atoms with van der Waals surface area (Å²) >= 11 is 11.7. The zero-order valence-electron chi connectivity index (χ0n) is 11.7. The van der Waals surface area contributed by atoms with E-state index in [1.54, 1.807) is 0 Å². The Kier molecular flexibility index (Phi) is 5.05. The molecule has 2 rings (SSSR count). The minimum Gasteiger partial charge on any atom is -0.493 e. The quantitative estimate of drug-likeness (QED) is 0.757. The van der Waals surface area contributed by atoms with Gasteiger partial charge in [0.05, 0.1) is 19.2 Å². The van der Waals surface area contributed by atoms with Gasteiger partial charge in [0.1, 0.15) is 4.90 Å². The summed E-state index contributed by atoms with van der Waals surface area (Å²) in [7, 11) is -1.21. The summed E-state index contributed by atoms with van der Waals surface area (Å²) in [4.78, 5) is -0.0869. The maximum Gasteiger partial charge on any atom is 0.339 e. The van der Waals surface area contributed by atoms with Gasteiger partial charge in [0.15, 0.2) is 17.2 Å². The maximum atomic E-state index is 12.3. The third kappa shape index (κ3) is 3.58. The van der Waals surface area contributed by atoms with E-state index in [4.69, 9.17) is 36.9 Å². The average molecular weight is 363 g/mol. The molecule has 0 bridgehead atoms. The van der Waals surface area contributed by atoms with Crippen LogP contribution in [0.3, 0.4) is 0 Å². The lowest BCUT2D eigenvalue weighted by Crippen LogP contribution is -2.10. The zero-order chi connectivity index (χ0) is 16.3. The number of ether oxygens (including phenoxy) is 2. The number of hydrogen-bond acceptors (Lipinski definition) is 5. The molecular formula is C14H12Cl2O5S. The summed E-state index contributed by atoms with van der Waals surface area (Å²) in [5, 5.41) is 0.470. The Balaban J connectivity index is 2.38. The second-order valence-corrected chi connectivity index (χ2v) is 6.52. The van der Waals surface area contributed by atoms with Crippen LogP contribution in [0.4, 0.5) is 0 Å². The van der Waals surface area contributed by atoms with Gasteiger partial charge in [0.2, 0.25) is 0 Å². The molecule has 0 amide bonds. The van der Waals surface area contributed by atoms with Crippen molar-refractivity contribution in [2.24, 2.45) is 0 Å². The van der Waals surface area contributed by atoms with Gasteiger partial charge < -0.3 is 13.7 Å². The lowest BCUT2D eigenvalue weighted by Gasteiger charge is -2.11. The summed E-state index contributed by atoms with van der Waals surface area (Å²) < 4.78 is 39.8. The summed E-state index contributed by atoms with van der Waals surface area (Å²) in [5.74, 6) is 0.668. The minimum atomic E-state index is -4.07. The van der Waals surface area contributed by atoms with Crippen LogP contribution in [0.2, 0.25) is 10.0 Å². The molecule has 2 aromatic carbocycles. The first-order valence-corrected chi connectivity index (χ1v) is 8.15. The SMILES string of the molecule is COc1ccc(S(=O)(=O)Oc2ccc(Cl)cc2Cl)cc1OC. The summed E-state index contributed by atoms with van der Waals surface area (Å²) in [5.41, 5.74) is 0. The molecule has 0 aliphatic heterocycles. The molecule has 5 nitrogen and oxygen atoms in total. The van der Waals surface area contributed by atoms with Gasteiger partial charge in [0, 0.05) is 11.1 Å². The van der Waals surface area contributed by atoms with Gasteiger partial charge in [-0.1, -0.05) is 23.2 Å². The first-order chi connectivity index (χ1) is 10.4. The number of methoxy groups -OCH3 is 2. The molecule has 22 heavy (non-hydrogen) atoms. The molecule has 0 heterocycles. The Bertz CT molecular complexity index is 790. The Hall–Kier alpha value is -1.63. The van der Waals surface area contributed by atoms with Crippen molar-refractivity contribution < 1.29 is 22.1 Å². The van der Waals surface area contributed by atoms with E-state index in [-0.39, 0.29) is 21.4 Å². The molecule has 0 unspecified atom stereocenters. The smallest absolute Gasteiger partial charge is 0.339 e. The monoisotopic (exact) mass is 362 g/mol. The van der Waals surface area contributed by atoms with Crippen molar-refractivity contribution in [3.05, 3.63) is 46.4 Å². The van der Waals surface area contributed by atoms with Crippen LogP contribution in [0.25, 0.3) is 0 Å². The van der Waals surface area contributed by atoms with Crippen molar-refractivity contribution >= 4 is 33.3 Å². The summed E-state index contributed by atoms with van der Waals surface area (Å²) in [6.07, 6.45) is 0. The lowest BCUT2D eigenvalue weighted by molar-refractivity contribution is 0.353. The molecule has 0 fully saturated rings. The summed E-state index contributed by atoms with van der Waals surface area (Å²) in [6, 6.07) is 8.37. The minimum absolute atomic E-state index is 0.0131. The molecule has 0 saturated heterocycles. The first kappa shape index (κ1) is 16.7. The van der Waals surface area contributed by atoms with Crippen LogP contribution in [-0.4, -0.2) is 22.6 Å². The van der Waals surface area contributed by atoms with Crippen molar-refractivity contribution in [2.45, 2.75) is 4.90 Å². The number of hydrogen-bond donors (Lipinski definition) is 0. The highest BCUT2D eigenvalue weighted by Crippen LogP contribution is 2.33. The zero-order valence-corrected chi connectivity index (χ0v) is 14.0.